The van der Waals surface area contributed by atoms with Crippen LogP contribution < -0.4 is 16.0 Å². The van der Waals surface area contributed by atoms with Gasteiger partial charge in [0.1, 0.15) is 21.9 Å². The van der Waals surface area contributed by atoms with Gasteiger partial charge in [0.2, 0.25) is 5.91 Å². The first-order valence-electron chi connectivity index (χ1n) is 10.3. The third-order valence-electron chi connectivity index (χ3n) is 5.44. The smallest absolute Gasteiger partial charge is 0.326 e. The van der Waals surface area contributed by atoms with Gasteiger partial charge in [0.25, 0.3) is 11.8 Å². The van der Waals surface area contributed by atoms with Crippen LogP contribution in [-0.2, 0) is 14.3 Å². The first kappa shape index (κ1) is 28.0. The van der Waals surface area contributed by atoms with Crippen molar-refractivity contribution in [1.29, 1.82) is 0 Å². The molecule has 0 radical (unpaired) electrons. The van der Waals surface area contributed by atoms with E-state index in [0.717, 1.165) is 19.1 Å². The van der Waals surface area contributed by atoms with Gasteiger partial charge in [0.05, 0.1) is 22.2 Å². The summed E-state index contributed by atoms with van der Waals surface area (Å²) in [6.45, 7) is -0.622. The number of hydrogen-bond acceptors (Lipinski definition) is 4. The van der Waals surface area contributed by atoms with E-state index in [2.05, 4.69) is 15.4 Å². The Morgan fingerprint density at radius 3 is 2.28 bits per heavy atom. The molecular formula is C22H18Cl3F4N3O4. The first-order valence-corrected chi connectivity index (χ1v) is 11.4. The van der Waals surface area contributed by atoms with Gasteiger partial charge >= 0.3 is 6.61 Å². The lowest BCUT2D eigenvalue weighted by atomic mass is 10.1. The van der Waals surface area contributed by atoms with Gasteiger partial charge in [-0.3, -0.25) is 14.4 Å². The number of hydrogen-bond donors (Lipinski definition) is 3. The zero-order valence-electron chi connectivity index (χ0n) is 18.5. The van der Waals surface area contributed by atoms with E-state index in [1.807, 2.05) is 5.32 Å². The fourth-order valence-electron chi connectivity index (χ4n) is 3.27. The Hall–Kier alpha value is -2.60. The molecule has 194 valence electrons. The van der Waals surface area contributed by atoms with Crippen LogP contribution in [0.2, 0.25) is 5.02 Å². The van der Waals surface area contributed by atoms with Crippen molar-refractivity contribution in [3.05, 3.63) is 52.6 Å². The van der Waals surface area contributed by atoms with Gasteiger partial charge in [-0.1, -0.05) is 18.5 Å². The number of alkyl halides is 4. The summed E-state index contributed by atoms with van der Waals surface area (Å²) in [5.74, 6) is -6.21. The quantitative estimate of drug-likeness (QED) is 0.276. The number of carbonyl (C=O) groups excluding carboxylic acids is 3. The van der Waals surface area contributed by atoms with Crippen LogP contribution in [0.4, 0.5) is 34.6 Å². The molecule has 1 fully saturated rings. The van der Waals surface area contributed by atoms with E-state index in [0.29, 0.717) is 0 Å². The molecule has 1 saturated carbocycles. The van der Waals surface area contributed by atoms with Crippen molar-refractivity contribution in [2.24, 2.45) is 11.8 Å². The summed E-state index contributed by atoms with van der Waals surface area (Å²) in [7, 11) is 0. The molecule has 0 aromatic heterocycles. The molecule has 36 heavy (non-hydrogen) atoms. The summed E-state index contributed by atoms with van der Waals surface area (Å²) in [4.78, 5) is 37.1. The molecule has 3 rings (SSSR count). The van der Waals surface area contributed by atoms with Gasteiger partial charge in [-0.2, -0.15) is 8.78 Å². The van der Waals surface area contributed by atoms with Gasteiger partial charge < -0.3 is 20.7 Å². The van der Waals surface area contributed by atoms with Crippen molar-refractivity contribution in [2.45, 2.75) is 30.9 Å². The van der Waals surface area contributed by atoms with Crippen LogP contribution in [0, 0.1) is 23.5 Å². The highest BCUT2D eigenvalue weighted by atomic mass is 35.5. The van der Waals surface area contributed by atoms with Crippen molar-refractivity contribution in [2.75, 3.05) is 16.0 Å². The lowest BCUT2D eigenvalue weighted by Gasteiger charge is -2.15. The third kappa shape index (κ3) is 6.03. The van der Waals surface area contributed by atoms with Gasteiger partial charge in [-0.15, -0.1) is 23.2 Å². The SMILES string of the molecule is CC(OC(F)F)C(=O)Nc1c(F)ccc(NC(=O)c2cc(NC(=O)C3C(C)C3(Cl)Cl)ccc2Cl)c1F. The highest BCUT2D eigenvalue weighted by Gasteiger charge is 2.64. The molecule has 1 aliphatic carbocycles. The van der Waals surface area contributed by atoms with Crippen molar-refractivity contribution < 1.29 is 36.7 Å². The lowest BCUT2D eigenvalue weighted by Crippen LogP contribution is -2.30. The molecule has 0 bridgehead atoms. The van der Waals surface area contributed by atoms with E-state index >= 15 is 0 Å². The second-order valence-electron chi connectivity index (χ2n) is 7.89. The minimum Gasteiger partial charge on any atom is -0.326 e. The lowest BCUT2D eigenvalue weighted by molar-refractivity contribution is -0.168. The summed E-state index contributed by atoms with van der Waals surface area (Å²) >= 11 is 18.1. The van der Waals surface area contributed by atoms with E-state index in [-0.39, 0.29) is 22.2 Å². The van der Waals surface area contributed by atoms with Gasteiger partial charge in [0, 0.05) is 11.6 Å². The van der Waals surface area contributed by atoms with Crippen LogP contribution >= 0.6 is 34.8 Å². The number of anilines is 3. The maximum absolute atomic E-state index is 14.9. The number of amides is 3. The molecule has 0 aliphatic heterocycles. The largest absolute Gasteiger partial charge is 0.346 e. The Morgan fingerprint density at radius 1 is 1.06 bits per heavy atom. The first-order chi connectivity index (χ1) is 16.7. The van der Waals surface area contributed by atoms with Gasteiger partial charge in [-0.05, 0) is 37.3 Å². The number of nitrogens with one attached hydrogen (secondary N) is 3. The zero-order chi connectivity index (χ0) is 26.9. The average Bonchev–Trinajstić information content (AvgIpc) is 3.30. The van der Waals surface area contributed by atoms with Crippen molar-refractivity contribution in [3.63, 3.8) is 0 Å². The predicted molar refractivity (Wildman–Crippen MR) is 127 cm³/mol. The second-order valence-corrected chi connectivity index (χ2v) is 9.74. The summed E-state index contributed by atoms with van der Waals surface area (Å²) < 4.78 is 56.4. The van der Waals surface area contributed by atoms with E-state index in [9.17, 15) is 31.9 Å². The molecule has 14 heteroatoms. The monoisotopic (exact) mass is 569 g/mol. The normalized spacial score (nSPS) is 18.9. The topological polar surface area (TPSA) is 96.5 Å². The fourth-order valence-corrected chi connectivity index (χ4v) is 4.18. The second kappa shape index (κ2) is 10.8. The molecule has 0 heterocycles. The average molecular weight is 571 g/mol. The number of halogens is 7. The molecule has 3 N–H and O–H groups in total. The van der Waals surface area contributed by atoms with Crippen LogP contribution in [0.15, 0.2) is 30.3 Å². The Morgan fingerprint density at radius 2 is 1.69 bits per heavy atom. The van der Waals surface area contributed by atoms with Crippen molar-refractivity contribution in [3.8, 4) is 0 Å². The van der Waals surface area contributed by atoms with Gasteiger partial charge in [0.15, 0.2) is 5.82 Å². The minimum absolute atomic E-state index is 0.0525. The Kier molecular flexibility index (Phi) is 8.39. The molecule has 3 amide bonds. The van der Waals surface area contributed by atoms with E-state index in [1.165, 1.54) is 18.2 Å². The molecule has 2 aromatic rings. The zero-order valence-corrected chi connectivity index (χ0v) is 20.7. The van der Waals surface area contributed by atoms with Crippen molar-refractivity contribution in [1.82, 2.24) is 0 Å². The van der Waals surface area contributed by atoms with Crippen LogP contribution in [0.25, 0.3) is 0 Å². The molecule has 1 aliphatic rings. The highest BCUT2D eigenvalue weighted by molar-refractivity contribution is 6.53. The molecule has 3 unspecified atom stereocenters. The Bertz CT molecular complexity index is 1220. The molecular weight excluding hydrogens is 553 g/mol. The molecule has 0 spiro atoms. The van der Waals surface area contributed by atoms with Crippen LogP contribution in [0.3, 0.4) is 0 Å². The Labute approximate surface area is 217 Å². The highest BCUT2D eigenvalue weighted by Crippen LogP contribution is 2.59. The van der Waals surface area contributed by atoms with Crippen molar-refractivity contribution >= 4 is 69.6 Å². The molecule has 0 saturated heterocycles. The number of rotatable bonds is 8. The van der Waals surface area contributed by atoms with E-state index in [4.69, 9.17) is 34.8 Å². The number of ether oxygens (including phenoxy) is 1. The summed E-state index contributed by atoms with van der Waals surface area (Å²) in [6, 6.07) is 5.58. The summed E-state index contributed by atoms with van der Waals surface area (Å²) in [5.41, 5.74) is -1.53. The van der Waals surface area contributed by atoms with Crippen LogP contribution in [0.5, 0.6) is 0 Å². The third-order valence-corrected chi connectivity index (χ3v) is 6.93. The fraction of sp³-hybridized carbons (Fsp3) is 0.318. The molecule has 3 atom stereocenters. The minimum atomic E-state index is -3.28. The van der Waals surface area contributed by atoms with Gasteiger partial charge in [-0.25, -0.2) is 8.78 Å². The number of carbonyl (C=O) groups is 3. The number of benzene rings is 2. The van der Waals surface area contributed by atoms with E-state index in [1.54, 1.807) is 6.92 Å². The standard InChI is InChI=1S/C22H18Cl3F4N3O4/c1-8-15(22(8,24)25)20(35)30-10-3-4-12(23)11(7-10)19(34)31-14-6-5-13(26)17(16(14)27)32-18(33)9(2)36-21(28)29/h3-9,15,21H,1-2H3,(H,30,35)(H,31,34)(H,32,33). The van der Waals surface area contributed by atoms with Crippen LogP contribution in [-0.4, -0.2) is 34.8 Å². The maximum atomic E-state index is 14.9. The maximum Gasteiger partial charge on any atom is 0.346 e. The molecule has 2 aromatic carbocycles. The summed E-state index contributed by atoms with van der Waals surface area (Å²) in [6.07, 6.45) is -1.72. The Balaban J connectivity index is 1.77. The van der Waals surface area contributed by atoms with E-state index < -0.39 is 63.7 Å². The summed E-state index contributed by atoms with van der Waals surface area (Å²) in [5, 5.41) is 6.51. The molecule has 7 nitrogen and oxygen atoms in total. The predicted octanol–water partition coefficient (Wildman–Crippen LogP) is 5.82. The van der Waals surface area contributed by atoms with Crippen LogP contribution in [0.1, 0.15) is 24.2 Å².